The largest absolute Gasteiger partial charge is 0.368 e. The molecule has 5 nitrogen and oxygen atoms in total. The summed E-state index contributed by atoms with van der Waals surface area (Å²) in [6, 6.07) is 3.84. The molecule has 0 aliphatic heterocycles. The minimum Gasteiger partial charge on any atom is -0.368 e. The molecule has 0 heterocycles. The second kappa shape index (κ2) is 6.37. The summed E-state index contributed by atoms with van der Waals surface area (Å²) in [5.41, 5.74) is 10.3. The van der Waals surface area contributed by atoms with Crippen LogP contribution in [0.2, 0.25) is 0 Å². The van der Waals surface area contributed by atoms with Gasteiger partial charge in [0.2, 0.25) is 5.91 Å². The number of hydrogen-bond donors (Lipinski definition) is 3. The standard InChI is InChI=1S/C12H12FN3O2/c13-10-4-3-8(2-1-5-14)6-9(10)12(18)16-7-11(15)17/h3-4,6H,5,7,14H2,(H2,15,17)(H,16,18). The first kappa shape index (κ1) is 13.7. The van der Waals surface area contributed by atoms with Crippen molar-refractivity contribution in [3.8, 4) is 11.8 Å². The molecule has 5 N–H and O–H groups in total. The molecule has 2 amide bonds. The van der Waals surface area contributed by atoms with Crippen LogP contribution in [0, 0.1) is 17.7 Å². The van der Waals surface area contributed by atoms with E-state index in [-0.39, 0.29) is 18.7 Å². The fourth-order valence-electron chi connectivity index (χ4n) is 1.19. The van der Waals surface area contributed by atoms with Gasteiger partial charge in [-0.05, 0) is 18.2 Å². The molecule has 1 rings (SSSR count). The molecule has 0 unspecified atom stereocenters. The van der Waals surface area contributed by atoms with Gasteiger partial charge in [-0.1, -0.05) is 11.8 Å². The van der Waals surface area contributed by atoms with Gasteiger partial charge in [0, 0.05) is 5.56 Å². The predicted molar refractivity (Wildman–Crippen MR) is 63.9 cm³/mol. The summed E-state index contributed by atoms with van der Waals surface area (Å²) < 4.78 is 13.4. The fourth-order valence-corrected chi connectivity index (χ4v) is 1.19. The lowest BCUT2D eigenvalue weighted by atomic mass is 10.1. The highest BCUT2D eigenvalue weighted by atomic mass is 19.1. The van der Waals surface area contributed by atoms with Crippen molar-refractivity contribution < 1.29 is 14.0 Å². The first-order valence-corrected chi connectivity index (χ1v) is 5.09. The molecule has 0 saturated heterocycles. The van der Waals surface area contributed by atoms with Crippen LogP contribution < -0.4 is 16.8 Å². The molecular weight excluding hydrogens is 237 g/mol. The molecule has 1 aromatic rings. The smallest absolute Gasteiger partial charge is 0.254 e. The third-order valence-electron chi connectivity index (χ3n) is 1.97. The molecule has 0 aromatic heterocycles. The van der Waals surface area contributed by atoms with Crippen molar-refractivity contribution in [1.29, 1.82) is 0 Å². The Morgan fingerprint density at radius 2 is 2.11 bits per heavy atom. The van der Waals surface area contributed by atoms with E-state index in [0.29, 0.717) is 5.56 Å². The summed E-state index contributed by atoms with van der Waals surface area (Å²) in [5.74, 6) is 3.14. The second-order valence-electron chi connectivity index (χ2n) is 3.35. The highest BCUT2D eigenvalue weighted by Gasteiger charge is 2.12. The molecule has 1 aromatic carbocycles. The van der Waals surface area contributed by atoms with E-state index in [1.54, 1.807) is 0 Å². The van der Waals surface area contributed by atoms with Crippen LogP contribution in [0.1, 0.15) is 15.9 Å². The molecule has 0 atom stereocenters. The van der Waals surface area contributed by atoms with E-state index >= 15 is 0 Å². The van der Waals surface area contributed by atoms with Gasteiger partial charge in [0.15, 0.2) is 0 Å². The van der Waals surface area contributed by atoms with Gasteiger partial charge >= 0.3 is 0 Å². The predicted octanol–water partition coefficient (Wildman–Crippen LogP) is -0.649. The Balaban J connectivity index is 2.93. The Bertz CT molecular complexity index is 532. The summed E-state index contributed by atoms with van der Waals surface area (Å²) in [4.78, 5) is 22.1. The van der Waals surface area contributed by atoms with Crippen LogP contribution in [-0.4, -0.2) is 24.9 Å². The zero-order valence-corrected chi connectivity index (χ0v) is 9.50. The van der Waals surface area contributed by atoms with Gasteiger partial charge in [0.05, 0.1) is 18.7 Å². The number of hydrogen-bond acceptors (Lipinski definition) is 3. The number of halogens is 1. The summed E-state index contributed by atoms with van der Waals surface area (Å²) >= 11 is 0. The van der Waals surface area contributed by atoms with Crippen LogP contribution in [-0.2, 0) is 4.79 Å². The van der Waals surface area contributed by atoms with Crippen molar-refractivity contribution in [1.82, 2.24) is 5.32 Å². The Kier molecular flexibility index (Phi) is 4.84. The zero-order chi connectivity index (χ0) is 13.5. The number of carbonyl (C=O) groups excluding carboxylic acids is 2. The minimum atomic E-state index is -0.720. The summed E-state index contributed by atoms with van der Waals surface area (Å²) in [7, 11) is 0. The van der Waals surface area contributed by atoms with Crippen molar-refractivity contribution in [2.75, 3.05) is 13.1 Å². The van der Waals surface area contributed by atoms with E-state index in [0.717, 1.165) is 6.07 Å². The monoisotopic (exact) mass is 249 g/mol. The van der Waals surface area contributed by atoms with Crippen molar-refractivity contribution >= 4 is 11.8 Å². The highest BCUT2D eigenvalue weighted by Crippen LogP contribution is 2.09. The minimum absolute atomic E-state index is 0.167. The number of benzene rings is 1. The number of rotatable bonds is 3. The molecule has 6 heteroatoms. The molecule has 18 heavy (non-hydrogen) atoms. The van der Waals surface area contributed by atoms with Gasteiger partial charge in [-0.15, -0.1) is 0 Å². The Labute approximate surface area is 103 Å². The van der Waals surface area contributed by atoms with E-state index in [9.17, 15) is 14.0 Å². The number of nitrogens with one attached hydrogen (secondary N) is 1. The molecule has 0 saturated carbocycles. The molecule has 0 aliphatic carbocycles. The summed E-state index contributed by atoms with van der Waals surface area (Å²) in [6.45, 7) is -0.183. The third-order valence-corrected chi connectivity index (χ3v) is 1.97. The molecule has 94 valence electrons. The molecule has 0 radical (unpaired) electrons. The maximum Gasteiger partial charge on any atom is 0.254 e. The normalized spacial score (nSPS) is 9.22. The van der Waals surface area contributed by atoms with E-state index in [2.05, 4.69) is 17.2 Å². The van der Waals surface area contributed by atoms with Crippen LogP contribution in [0.4, 0.5) is 4.39 Å². The second-order valence-corrected chi connectivity index (χ2v) is 3.35. The quantitative estimate of drug-likeness (QED) is 0.621. The van der Waals surface area contributed by atoms with Gasteiger partial charge < -0.3 is 16.8 Å². The van der Waals surface area contributed by atoms with Crippen molar-refractivity contribution in [3.63, 3.8) is 0 Å². The van der Waals surface area contributed by atoms with Crippen molar-refractivity contribution in [2.24, 2.45) is 11.5 Å². The number of carbonyl (C=O) groups is 2. The van der Waals surface area contributed by atoms with Crippen molar-refractivity contribution in [3.05, 3.63) is 35.1 Å². The van der Waals surface area contributed by atoms with E-state index in [1.807, 2.05) is 0 Å². The lowest BCUT2D eigenvalue weighted by molar-refractivity contribution is -0.117. The first-order chi connectivity index (χ1) is 8.54. The third kappa shape index (κ3) is 3.88. The van der Waals surface area contributed by atoms with Gasteiger partial charge in [0.25, 0.3) is 5.91 Å². The zero-order valence-electron chi connectivity index (χ0n) is 9.50. The topological polar surface area (TPSA) is 98.2 Å². The number of nitrogens with two attached hydrogens (primary N) is 2. The fraction of sp³-hybridized carbons (Fsp3) is 0.167. The molecule has 0 spiro atoms. The Hall–Kier alpha value is -2.39. The van der Waals surface area contributed by atoms with Gasteiger partial charge in [0.1, 0.15) is 5.82 Å². The van der Waals surface area contributed by atoms with Crippen LogP contribution in [0.5, 0.6) is 0 Å². The highest BCUT2D eigenvalue weighted by molar-refractivity contribution is 5.96. The molecule has 0 aliphatic rings. The summed E-state index contributed by atoms with van der Waals surface area (Å²) in [6.07, 6.45) is 0. The SMILES string of the molecule is NCC#Cc1ccc(F)c(C(=O)NCC(N)=O)c1. The maximum absolute atomic E-state index is 13.4. The average molecular weight is 249 g/mol. The maximum atomic E-state index is 13.4. The van der Waals surface area contributed by atoms with Crippen LogP contribution in [0.3, 0.4) is 0 Å². The van der Waals surface area contributed by atoms with E-state index in [4.69, 9.17) is 11.5 Å². The Morgan fingerprint density at radius 1 is 1.39 bits per heavy atom. The van der Waals surface area contributed by atoms with Gasteiger partial charge in [-0.2, -0.15) is 0 Å². The lowest BCUT2D eigenvalue weighted by Gasteiger charge is -2.04. The average Bonchev–Trinajstić information content (AvgIpc) is 2.35. The van der Waals surface area contributed by atoms with Gasteiger partial charge in [-0.3, -0.25) is 9.59 Å². The molecule has 0 bridgehead atoms. The first-order valence-electron chi connectivity index (χ1n) is 5.09. The Morgan fingerprint density at radius 3 is 2.72 bits per heavy atom. The van der Waals surface area contributed by atoms with E-state index < -0.39 is 17.6 Å². The van der Waals surface area contributed by atoms with E-state index in [1.165, 1.54) is 12.1 Å². The van der Waals surface area contributed by atoms with Gasteiger partial charge in [-0.25, -0.2) is 4.39 Å². The number of primary amides is 1. The number of amides is 2. The van der Waals surface area contributed by atoms with Crippen molar-refractivity contribution in [2.45, 2.75) is 0 Å². The summed E-state index contributed by atoms with van der Waals surface area (Å²) in [5, 5.41) is 2.20. The molecule has 0 fully saturated rings. The van der Waals surface area contributed by atoms with Crippen LogP contribution >= 0.6 is 0 Å². The van der Waals surface area contributed by atoms with Crippen LogP contribution in [0.15, 0.2) is 18.2 Å². The molecular formula is C12H12FN3O2. The van der Waals surface area contributed by atoms with Crippen LogP contribution in [0.25, 0.3) is 0 Å². The lowest BCUT2D eigenvalue weighted by Crippen LogP contribution is -2.33.